The van der Waals surface area contributed by atoms with Crippen molar-refractivity contribution in [3.8, 4) is 0 Å². The molecule has 3 rings (SSSR count). The highest BCUT2D eigenvalue weighted by Gasteiger charge is 2.21. The summed E-state index contributed by atoms with van der Waals surface area (Å²) in [5.74, 6) is -2.38. The number of carboxylic acids is 1. The summed E-state index contributed by atoms with van der Waals surface area (Å²) in [4.78, 5) is 35.5. The molecule has 1 aromatic heterocycles. The fourth-order valence-electron chi connectivity index (χ4n) is 3.32. The molecule has 3 amide bonds. The van der Waals surface area contributed by atoms with Gasteiger partial charge in [0.2, 0.25) is 0 Å². The zero-order valence-electron chi connectivity index (χ0n) is 18.6. The minimum absolute atomic E-state index is 0.219. The number of carbonyl (C=O) groups is 3. The van der Waals surface area contributed by atoms with Gasteiger partial charge in [0.25, 0.3) is 15.9 Å². The van der Waals surface area contributed by atoms with Crippen molar-refractivity contribution in [3.63, 3.8) is 0 Å². The highest BCUT2D eigenvalue weighted by Crippen LogP contribution is 2.32. The summed E-state index contributed by atoms with van der Waals surface area (Å²) in [5, 5.41) is 15.2. The molecule has 0 fully saturated rings. The standard InChI is InChI=1S/C22H22Cl2N4O6S/c1-3-12(21(30)31)11-25-22(32)27-35(33,34)14-6-4-13(5-7-14)26-20(29)18-10-15-17(28(18)2)9-8-16(23)19(15)24/h4-10,12H,3,11H2,1-2H3,(H,26,29)(H,30,31)(H2,25,27,32). The molecule has 0 spiro atoms. The number of sulfonamides is 1. The van der Waals surface area contributed by atoms with Gasteiger partial charge < -0.3 is 20.3 Å². The van der Waals surface area contributed by atoms with Gasteiger partial charge in [-0.05, 0) is 48.9 Å². The fraction of sp³-hybridized carbons (Fsp3) is 0.227. The molecule has 0 aliphatic rings. The number of anilines is 1. The number of hydrogen-bond acceptors (Lipinski definition) is 5. The summed E-state index contributed by atoms with van der Waals surface area (Å²) in [6.45, 7) is 1.42. The quantitative estimate of drug-likeness (QED) is 0.341. The molecule has 0 saturated carbocycles. The molecule has 1 unspecified atom stereocenters. The normalized spacial score (nSPS) is 12.2. The van der Waals surface area contributed by atoms with Gasteiger partial charge in [-0.1, -0.05) is 30.1 Å². The van der Waals surface area contributed by atoms with E-state index < -0.39 is 33.8 Å². The van der Waals surface area contributed by atoms with Gasteiger partial charge in [-0.25, -0.2) is 17.9 Å². The topological polar surface area (TPSA) is 147 Å². The first-order valence-corrected chi connectivity index (χ1v) is 12.6. The van der Waals surface area contributed by atoms with E-state index in [9.17, 15) is 22.8 Å². The van der Waals surface area contributed by atoms with Gasteiger partial charge in [0.1, 0.15) is 5.69 Å². The number of fused-ring (bicyclic) bond motifs is 1. The number of aryl methyl sites for hydroxylation is 1. The van der Waals surface area contributed by atoms with E-state index in [1.54, 1.807) is 36.7 Å². The molecule has 0 aliphatic heterocycles. The first kappa shape index (κ1) is 26.3. The van der Waals surface area contributed by atoms with Crippen molar-refractivity contribution in [3.05, 3.63) is 58.2 Å². The van der Waals surface area contributed by atoms with E-state index in [2.05, 4.69) is 10.6 Å². The highest BCUT2D eigenvalue weighted by molar-refractivity contribution is 7.90. The molecule has 0 radical (unpaired) electrons. The molecule has 0 bridgehead atoms. The lowest BCUT2D eigenvalue weighted by molar-refractivity contribution is -0.141. The maximum atomic E-state index is 12.8. The van der Waals surface area contributed by atoms with Crippen LogP contribution in [0.1, 0.15) is 23.8 Å². The van der Waals surface area contributed by atoms with Crippen molar-refractivity contribution in [2.24, 2.45) is 13.0 Å². The molecule has 13 heteroatoms. The zero-order chi connectivity index (χ0) is 25.9. The minimum Gasteiger partial charge on any atom is -0.481 e. The van der Waals surface area contributed by atoms with Crippen molar-refractivity contribution < 1.29 is 27.9 Å². The molecule has 35 heavy (non-hydrogen) atoms. The van der Waals surface area contributed by atoms with Crippen LogP contribution in [0.2, 0.25) is 10.0 Å². The smallest absolute Gasteiger partial charge is 0.328 e. The fourth-order valence-corrected chi connectivity index (χ4v) is 4.63. The number of rotatable bonds is 8. The number of nitrogens with zero attached hydrogens (tertiary/aromatic N) is 1. The maximum absolute atomic E-state index is 12.8. The van der Waals surface area contributed by atoms with Gasteiger partial charge in [0.15, 0.2) is 0 Å². The Hall–Kier alpha value is -3.28. The van der Waals surface area contributed by atoms with Gasteiger partial charge in [-0.3, -0.25) is 9.59 Å². The molecular weight excluding hydrogens is 519 g/mol. The minimum atomic E-state index is -4.22. The highest BCUT2D eigenvalue weighted by atomic mass is 35.5. The number of amides is 3. The average Bonchev–Trinajstić information content (AvgIpc) is 3.13. The Morgan fingerprint density at radius 1 is 1.09 bits per heavy atom. The molecule has 4 N–H and O–H groups in total. The van der Waals surface area contributed by atoms with E-state index in [4.69, 9.17) is 28.3 Å². The number of urea groups is 1. The van der Waals surface area contributed by atoms with E-state index in [1.807, 2.05) is 4.72 Å². The van der Waals surface area contributed by atoms with Gasteiger partial charge in [-0.2, -0.15) is 0 Å². The number of carbonyl (C=O) groups excluding carboxylic acids is 2. The second-order valence-corrected chi connectivity index (χ2v) is 10.1. The van der Waals surface area contributed by atoms with Gasteiger partial charge in [-0.15, -0.1) is 0 Å². The second kappa shape index (κ2) is 10.5. The molecular formula is C22H22Cl2N4O6S. The second-order valence-electron chi connectivity index (χ2n) is 7.62. The van der Waals surface area contributed by atoms with Crippen LogP contribution >= 0.6 is 23.2 Å². The van der Waals surface area contributed by atoms with Crippen LogP contribution in [0.5, 0.6) is 0 Å². The van der Waals surface area contributed by atoms with E-state index in [0.717, 1.165) is 0 Å². The number of aromatic nitrogens is 1. The monoisotopic (exact) mass is 540 g/mol. The van der Waals surface area contributed by atoms with E-state index in [0.29, 0.717) is 32.3 Å². The van der Waals surface area contributed by atoms with Gasteiger partial charge >= 0.3 is 12.0 Å². The molecule has 2 aromatic carbocycles. The lowest BCUT2D eigenvalue weighted by Crippen LogP contribution is -2.42. The molecule has 3 aromatic rings. The summed E-state index contributed by atoms with van der Waals surface area (Å²) in [6, 6.07) is 9.11. The van der Waals surface area contributed by atoms with Crippen molar-refractivity contribution in [2.45, 2.75) is 18.2 Å². The molecule has 0 aliphatic carbocycles. The van der Waals surface area contributed by atoms with E-state index in [1.165, 1.54) is 24.3 Å². The Balaban J connectivity index is 1.68. The lowest BCUT2D eigenvalue weighted by atomic mass is 10.1. The van der Waals surface area contributed by atoms with Crippen LogP contribution in [-0.4, -0.2) is 42.5 Å². The van der Waals surface area contributed by atoms with Gasteiger partial charge in [0.05, 0.1) is 20.9 Å². The summed E-state index contributed by atoms with van der Waals surface area (Å²) >= 11 is 12.3. The Kier molecular flexibility index (Phi) is 7.93. The van der Waals surface area contributed by atoms with Crippen molar-refractivity contribution >= 4 is 67.7 Å². The van der Waals surface area contributed by atoms with Crippen LogP contribution in [0.3, 0.4) is 0 Å². The molecule has 1 atom stereocenters. The number of carboxylic acid groups (broad SMARTS) is 1. The average molecular weight is 541 g/mol. The van der Waals surface area contributed by atoms with Crippen LogP contribution in [0.4, 0.5) is 10.5 Å². The number of halogens is 2. The van der Waals surface area contributed by atoms with Crippen LogP contribution in [-0.2, 0) is 21.9 Å². The van der Waals surface area contributed by atoms with Crippen LogP contribution in [0.15, 0.2) is 47.4 Å². The summed E-state index contributed by atoms with van der Waals surface area (Å²) in [6.07, 6.45) is 0.273. The lowest BCUT2D eigenvalue weighted by Gasteiger charge is -2.12. The van der Waals surface area contributed by atoms with Crippen molar-refractivity contribution in [1.29, 1.82) is 0 Å². The number of hydrogen-bond donors (Lipinski definition) is 4. The SMILES string of the molecule is CCC(CNC(=O)NS(=O)(=O)c1ccc(NC(=O)c2cc3c(Cl)c(Cl)ccc3n2C)cc1)C(=O)O. The third-order valence-corrected chi connectivity index (χ3v) is 7.51. The predicted octanol–water partition coefficient (Wildman–Crippen LogP) is 3.84. The van der Waals surface area contributed by atoms with Crippen LogP contribution in [0.25, 0.3) is 10.9 Å². The Bertz CT molecular complexity index is 1400. The number of benzene rings is 2. The van der Waals surface area contributed by atoms with E-state index >= 15 is 0 Å². The molecule has 0 saturated heterocycles. The van der Waals surface area contributed by atoms with Gasteiger partial charge in [0, 0.05) is 30.2 Å². The zero-order valence-corrected chi connectivity index (χ0v) is 21.0. The number of aliphatic carboxylic acids is 1. The third kappa shape index (κ3) is 5.87. The Morgan fingerprint density at radius 3 is 2.34 bits per heavy atom. The largest absolute Gasteiger partial charge is 0.481 e. The Morgan fingerprint density at radius 2 is 1.74 bits per heavy atom. The van der Waals surface area contributed by atoms with Crippen LogP contribution < -0.4 is 15.4 Å². The van der Waals surface area contributed by atoms with E-state index in [-0.39, 0.29) is 17.9 Å². The third-order valence-electron chi connectivity index (χ3n) is 5.35. The molecule has 1 heterocycles. The molecule has 10 nitrogen and oxygen atoms in total. The number of nitrogens with one attached hydrogen (secondary N) is 3. The Labute approximate surface area is 211 Å². The first-order chi connectivity index (χ1) is 16.4. The summed E-state index contributed by atoms with van der Waals surface area (Å²) < 4.78 is 28.4. The summed E-state index contributed by atoms with van der Waals surface area (Å²) in [7, 11) is -2.52. The molecule has 186 valence electrons. The summed E-state index contributed by atoms with van der Waals surface area (Å²) in [5.41, 5.74) is 1.34. The van der Waals surface area contributed by atoms with Crippen molar-refractivity contribution in [1.82, 2.24) is 14.6 Å². The first-order valence-electron chi connectivity index (χ1n) is 10.3. The predicted molar refractivity (Wildman–Crippen MR) is 132 cm³/mol. The van der Waals surface area contributed by atoms with Crippen molar-refractivity contribution in [2.75, 3.05) is 11.9 Å². The maximum Gasteiger partial charge on any atom is 0.328 e. The van der Waals surface area contributed by atoms with Crippen LogP contribution in [0, 0.1) is 5.92 Å².